The number of esters is 1. The fourth-order valence-corrected chi connectivity index (χ4v) is 2.07. The quantitative estimate of drug-likeness (QED) is 0.653. The first-order valence-corrected chi connectivity index (χ1v) is 6.40. The predicted octanol–water partition coefficient (Wildman–Crippen LogP) is 1.06. The third kappa shape index (κ3) is 3.45. The molecule has 1 unspecified atom stereocenters. The molecule has 1 aliphatic rings. The number of nitrogen functional groups attached to an aromatic ring is 1. The Morgan fingerprint density at radius 2 is 2.37 bits per heavy atom. The van der Waals surface area contributed by atoms with E-state index in [1.54, 1.807) is 12.1 Å². The number of aryl methyl sites for hydroxylation is 1. The number of rotatable bonds is 3. The van der Waals surface area contributed by atoms with Gasteiger partial charge in [0.25, 0.3) is 0 Å². The molecule has 0 radical (unpaired) electrons. The van der Waals surface area contributed by atoms with Gasteiger partial charge in [-0.25, -0.2) is 4.79 Å². The first kappa shape index (κ1) is 13.8. The van der Waals surface area contributed by atoms with Crippen LogP contribution in [0, 0.1) is 6.92 Å². The first-order valence-electron chi connectivity index (χ1n) is 6.40. The van der Waals surface area contributed by atoms with E-state index in [0.29, 0.717) is 17.9 Å². The van der Waals surface area contributed by atoms with Gasteiger partial charge in [-0.3, -0.25) is 0 Å². The van der Waals surface area contributed by atoms with E-state index in [1.165, 1.54) is 0 Å². The van der Waals surface area contributed by atoms with Gasteiger partial charge in [-0.05, 0) is 25.6 Å². The Labute approximate surface area is 113 Å². The third-order valence-corrected chi connectivity index (χ3v) is 3.29. The summed E-state index contributed by atoms with van der Waals surface area (Å²) in [6.45, 7) is 4.49. The van der Waals surface area contributed by atoms with Crippen LogP contribution in [0.25, 0.3) is 0 Å². The normalized spacial score (nSPS) is 20.2. The molecule has 1 heterocycles. The summed E-state index contributed by atoms with van der Waals surface area (Å²) in [5.41, 5.74) is 7.65. The SMILES string of the molecule is Cc1cccc(C(=O)OCC2CN(C)CCO2)c1N. The van der Waals surface area contributed by atoms with Crippen molar-refractivity contribution in [3.05, 3.63) is 29.3 Å². The fraction of sp³-hybridized carbons (Fsp3) is 0.500. The molecule has 0 amide bonds. The number of nitrogens with zero attached hydrogens (tertiary/aromatic N) is 1. The van der Waals surface area contributed by atoms with Gasteiger partial charge in [0.05, 0.1) is 12.2 Å². The standard InChI is InChI=1S/C14H20N2O3/c1-10-4-3-5-12(13(10)15)14(17)19-9-11-8-16(2)6-7-18-11/h3-5,11H,6-9,15H2,1-2H3. The number of benzene rings is 1. The maximum atomic E-state index is 12.0. The molecule has 19 heavy (non-hydrogen) atoms. The van der Waals surface area contributed by atoms with Crippen molar-refractivity contribution in [2.75, 3.05) is 39.1 Å². The summed E-state index contributed by atoms with van der Waals surface area (Å²) in [7, 11) is 2.02. The Morgan fingerprint density at radius 3 is 3.11 bits per heavy atom. The summed E-state index contributed by atoms with van der Waals surface area (Å²) in [5.74, 6) is -0.391. The average Bonchev–Trinajstić information content (AvgIpc) is 2.39. The van der Waals surface area contributed by atoms with Gasteiger partial charge >= 0.3 is 5.97 Å². The van der Waals surface area contributed by atoms with E-state index in [1.807, 2.05) is 20.0 Å². The maximum Gasteiger partial charge on any atom is 0.340 e. The molecule has 1 saturated heterocycles. The second kappa shape index (κ2) is 6.04. The van der Waals surface area contributed by atoms with Gasteiger partial charge < -0.3 is 20.1 Å². The van der Waals surface area contributed by atoms with Gasteiger partial charge in [-0.2, -0.15) is 0 Å². The molecule has 0 saturated carbocycles. The number of ether oxygens (including phenoxy) is 2. The van der Waals surface area contributed by atoms with Crippen molar-refractivity contribution >= 4 is 11.7 Å². The van der Waals surface area contributed by atoms with Crippen molar-refractivity contribution in [1.82, 2.24) is 4.90 Å². The van der Waals surface area contributed by atoms with Crippen molar-refractivity contribution in [2.45, 2.75) is 13.0 Å². The number of anilines is 1. The molecule has 1 aromatic rings. The number of likely N-dealkylation sites (N-methyl/N-ethyl adjacent to an activating group) is 1. The highest BCUT2D eigenvalue weighted by molar-refractivity contribution is 5.95. The fourth-order valence-electron chi connectivity index (χ4n) is 2.07. The molecule has 2 N–H and O–H groups in total. The van der Waals surface area contributed by atoms with Crippen molar-refractivity contribution in [1.29, 1.82) is 0 Å². The highest BCUT2D eigenvalue weighted by Gasteiger charge is 2.20. The number of morpholine rings is 1. The van der Waals surface area contributed by atoms with E-state index in [0.717, 1.165) is 18.7 Å². The van der Waals surface area contributed by atoms with Crippen molar-refractivity contribution in [2.24, 2.45) is 0 Å². The van der Waals surface area contributed by atoms with Crippen LogP contribution in [0.2, 0.25) is 0 Å². The average molecular weight is 264 g/mol. The molecule has 5 heteroatoms. The summed E-state index contributed by atoms with van der Waals surface area (Å²) in [5, 5.41) is 0. The largest absolute Gasteiger partial charge is 0.459 e. The molecule has 1 aliphatic heterocycles. The molecular formula is C14H20N2O3. The molecule has 1 aromatic carbocycles. The highest BCUT2D eigenvalue weighted by Crippen LogP contribution is 2.17. The van der Waals surface area contributed by atoms with Crippen LogP contribution in [0.4, 0.5) is 5.69 Å². The Morgan fingerprint density at radius 1 is 1.58 bits per heavy atom. The zero-order valence-corrected chi connectivity index (χ0v) is 11.4. The number of carbonyl (C=O) groups excluding carboxylic acids is 1. The summed E-state index contributed by atoms with van der Waals surface area (Å²) in [6.07, 6.45) is -0.0614. The zero-order valence-electron chi connectivity index (χ0n) is 11.4. The van der Waals surface area contributed by atoms with Crippen LogP contribution in [0.5, 0.6) is 0 Å². The topological polar surface area (TPSA) is 64.8 Å². The molecule has 1 fully saturated rings. The number of para-hydroxylation sites is 1. The second-order valence-corrected chi connectivity index (χ2v) is 4.89. The Balaban J connectivity index is 1.92. The van der Waals surface area contributed by atoms with Crippen molar-refractivity contribution in [3.63, 3.8) is 0 Å². The molecule has 104 valence electrons. The van der Waals surface area contributed by atoms with Crippen LogP contribution >= 0.6 is 0 Å². The molecule has 1 atom stereocenters. The summed E-state index contributed by atoms with van der Waals surface area (Å²) in [4.78, 5) is 14.1. The van der Waals surface area contributed by atoms with Gasteiger partial charge in [0, 0.05) is 18.8 Å². The number of nitrogens with two attached hydrogens (primary N) is 1. The van der Waals surface area contributed by atoms with Gasteiger partial charge in [0.1, 0.15) is 12.7 Å². The van der Waals surface area contributed by atoms with Crippen LogP contribution in [-0.4, -0.2) is 50.3 Å². The molecule has 2 rings (SSSR count). The molecule has 0 bridgehead atoms. The maximum absolute atomic E-state index is 12.0. The minimum absolute atomic E-state index is 0.0614. The third-order valence-electron chi connectivity index (χ3n) is 3.29. The molecule has 0 aliphatic carbocycles. The van der Waals surface area contributed by atoms with Gasteiger partial charge in [0.15, 0.2) is 0 Å². The monoisotopic (exact) mass is 264 g/mol. The van der Waals surface area contributed by atoms with Crippen molar-refractivity contribution < 1.29 is 14.3 Å². The van der Waals surface area contributed by atoms with E-state index in [4.69, 9.17) is 15.2 Å². The van der Waals surface area contributed by atoms with Crippen LogP contribution < -0.4 is 5.73 Å². The lowest BCUT2D eigenvalue weighted by Crippen LogP contribution is -2.42. The van der Waals surface area contributed by atoms with E-state index < -0.39 is 5.97 Å². The van der Waals surface area contributed by atoms with Crippen molar-refractivity contribution in [3.8, 4) is 0 Å². The molecule has 0 aromatic heterocycles. The summed E-state index contributed by atoms with van der Waals surface area (Å²) < 4.78 is 10.8. The predicted molar refractivity (Wildman–Crippen MR) is 73.1 cm³/mol. The Hall–Kier alpha value is -1.59. The van der Waals surface area contributed by atoms with Crippen LogP contribution in [0.3, 0.4) is 0 Å². The Bertz CT molecular complexity index is 462. The van der Waals surface area contributed by atoms with Gasteiger partial charge in [-0.1, -0.05) is 12.1 Å². The Kier molecular flexibility index (Phi) is 4.39. The highest BCUT2D eigenvalue weighted by atomic mass is 16.6. The lowest BCUT2D eigenvalue weighted by atomic mass is 10.1. The van der Waals surface area contributed by atoms with E-state index in [2.05, 4.69) is 4.90 Å². The minimum Gasteiger partial charge on any atom is -0.459 e. The summed E-state index contributed by atoms with van der Waals surface area (Å²) >= 11 is 0. The van der Waals surface area contributed by atoms with E-state index >= 15 is 0 Å². The smallest absolute Gasteiger partial charge is 0.340 e. The number of hydrogen-bond acceptors (Lipinski definition) is 5. The molecular weight excluding hydrogens is 244 g/mol. The van der Waals surface area contributed by atoms with Gasteiger partial charge in [0.2, 0.25) is 0 Å². The van der Waals surface area contributed by atoms with Crippen LogP contribution in [0.1, 0.15) is 15.9 Å². The molecule has 5 nitrogen and oxygen atoms in total. The van der Waals surface area contributed by atoms with Gasteiger partial charge in [-0.15, -0.1) is 0 Å². The second-order valence-electron chi connectivity index (χ2n) is 4.89. The van der Waals surface area contributed by atoms with Crippen LogP contribution in [-0.2, 0) is 9.47 Å². The number of carbonyl (C=O) groups is 1. The van der Waals surface area contributed by atoms with E-state index in [-0.39, 0.29) is 12.7 Å². The zero-order chi connectivity index (χ0) is 13.8. The first-order chi connectivity index (χ1) is 9.08. The van der Waals surface area contributed by atoms with E-state index in [9.17, 15) is 4.79 Å². The lowest BCUT2D eigenvalue weighted by Gasteiger charge is -2.29. The number of hydrogen-bond donors (Lipinski definition) is 1. The van der Waals surface area contributed by atoms with Crippen LogP contribution in [0.15, 0.2) is 18.2 Å². The lowest BCUT2D eigenvalue weighted by molar-refractivity contribution is -0.0528. The minimum atomic E-state index is -0.391. The summed E-state index contributed by atoms with van der Waals surface area (Å²) in [6, 6.07) is 5.34. The molecule has 0 spiro atoms.